The van der Waals surface area contributed by atoms with Crippen LogP contribution in [-0.2, 0) is 0 Å². The highest BCUT2D eigenvalue weighted by atomic mass is 15.1. The number of anilines is 1. The van der Waals surface area contributed by atoms with Crippen molar-refractivity contribution in [2.75, 3.05) is 19.0 Å². The zero-order valence-electron chi connectivity index (χ0n) is 12.5. The third kappa shape index (κ3) is 2.82. The van der Waals surface area contributed by atoms with Crippen LogP contribution in [0.15, 0.2) is 78.9 Å². The van der Waals surface area contributed by atoms with Crippen molar-refractivity contribution >= 4 is 5.69 Å². The molecule has 21 heavy (non-hydrogen) atoms. The van der Waals surface area contributed by atoms with E-state index in [1.807, 2.05) is 0 Å². The Balaban J connectivity index is 2.16. The zero-order chi connectivity index (χ0) is 14.7. The SMILES string of the molecule is CN(C)c1ccc(-c2ccccc2)cc1-c1ccccc1. The lowest BCUT2D eigenvalue weighted by molar-refractivity contribution is 1.13. The summed E-state index contributed by atoms with van der Waals surface area (Å²) >= 11 is 0. The fraction of sp³-hybridized carbons (Fsp3) is 0.100. The Morgan fingerprint density at radius 3 is 1.71 bits per heavy atom. The maximum absolute atomic E-state index is 2.28. The highest BCUT2D eigenvalue weighted by Crippen LogP contribution is 2.34. The number of hydrogen-bond acceptors (Lipinski definition) is 1. The Hall–Kier alpha value is -2.54. The van der Waals surface area contributed by atoms with E-state index in [0.29, 0.717) is 0 Å². The van der Waals surface area contributed by atoms with Crippen molar-refractivity contribution in [1.82, 2.24) is 0 Å². The summed E-state index contributed by atoms with van der Waals surface area (Å²) in [5.74, 6) is 0. The van der Waals surface area contributed by atoms with Crippen LogP contribution in [0.3, 0.4) is 0 Å². The average molecular weight is 273 g/mol. The molecule has 0 aromatic heterocycles. The van der Waals surface area contributed by atoms with Crippen LogP contribution < -0.4 is 4.90 Å². The minimum atomic E-state index is 1.24. The van der Waals surface area contributed by atoms with Gasteiger partial charge in [-0.2, -0.15) is 0 Å². The lowest BCUT2D eigenvalue weighted by Crippen LogP contribution is -2.10. The van der Waals surface area contributed by atoms with E-state index in [4.69, 9.17) is 0 Å². The second-order valence-electron chi connectivity index (χ2n) is 5.36. The van der Waals surface area contributed by atoms with Crippen molar-refractivity contribution in [2.45, 2.75) is 0 Å². The average Bonchev–Trinajstić information content (AvgIpc) is 2.56. The molecule has 0 N–H and O–H groups in total. The summed E-state index contributed by atoms with van der Waals surface area (Å²) in [6, 6.07) is 27.7. The molecular formula is C20H19N. The summed E-state index contributed by atoms with van der Waals surface area (Å²) in [5, 5.41) is 0. The van der Waals surface area contributed by atoms with Crippen molar-refractivity contribution in [3.8, 4) is 22.3 Å². The molecule has 0 saturated heterocycles. The minimum Gasteiger partial charge on any atom is -0.377 e. The van der Waals surface area contributed by atoms with Gasteiger partial charge in [-0.3, -0.25) is 0 Å². The molecule has 0 aliphatic rings. The molecule has 0 atom stereocenters. The quantitative estimate of drug-likeness (QED) is 0.642. The summed E-state index contributed by atoms with van der Waals surface area (Å²) in [6.07, 6.45) is 0. The van der Waals surface area contributed by atoms with E-state index < -0.39 is 0 Å². The fourth-order valence-electron chi connectivity index (χ4n) is 2.59. The first-order valence-corrected chi connectivity index (χ1v) is 7.18. The lowest BCUT2D eigenvalue weighted by atomic mass is 9.97. The molecule has 0 aliphatic carbocycles. The summed E-state index contributed by atoms with van der Waals surface area (Å²) in [5.41, 5.74) is 6.25. The number of hydrogen-bond donors (Lipinski definition) is 0. The predicted octanol–water partition coefficient (Wildman–Crippen LogP) is 5.09. The van der Waals surface area contributed by atoms with Crippen molar-refractivity contribution in [3.63, 3.8) is 0 Å². The Kier molecular flexibility index (Phi) is 3.74. The van der Waals surface area contributed by atoms with Gasteiger partial charge in [0.05, 0.1) is 0 Å². The van der Waals surface area contributed by atoms with Crippen LogP contribution in [0.5, 0.6) is 0 Å². The second kappa shape index (κ2) is 5.84. The van der Waals surface area contributed by atoms with Crippen molar-refractivity contribution in [2.24, 2.45) is 0 Å². The molecule has 3 aromatic carbocycles. The Morgan fingerprint density at radius 2 is 1.14 bits per heavy atom. The molecule has 0 saturated carbocycles. The van der Waals surface area contributed by atoms with Crippen molar-refractivity contribution in [1.29, 1.82) is 0 Å². The molecule has 0 aliphatic heterocycles. The number of nitrogens with zero attached hydrogens (tertiary/aromatic N) is 1. The Morgan fingerprint density at radius 1 is 0.571 bits per heavy atom. The zero-order valence-corrected chi connectivity index (χ0v) is 12.5. The highest BCUT2D eigenvalue weighted by molar-refractivity contribution is 5.83. The van der Waals surface area contributed by atoms with Crippen LogP contribution in [0.2, 0.25) is 0 Å². The van der Waals surface area contributed by atoms with E-state index >= 15 is 0 Å². The highest BCUT2D eigenvalue weighted by Gasteiger charge is 2.08. The Bertz CT molecular complexity index is 715. The second-order valence-corrected chi connectivity index (χ2v) is 5.36. The molecule has 0 amide bonds. The van der Waals surface area contributed by atoms with Gasteiger partial charge in [0, 0.05) is 25.3 Å². The molecule has 0 radical (unpaired) electrons. The van der Waals surface area contributed by atoms with E-state index in [1.54, 1.807) is 0 Å². The first-order chi connectivity index (χ1) is 10.3. The topological polar surface area (TPSA) is 3.24 Å². The molecule has 3 rings (SSSR count). The molecule has 3 aromatic rings. The van der Waals surface area contributed by atoms with Gasteiger partial charge in [0.25, 0.3) is 0 Å². The molecular weight excluding hydrogens is 254 g/mol. The minimum absolute atomic E-state index is 1.24. The van der Waals surface area contributed by atoms with Gasteiger partial charge in [0.1, 0.15) is 0 Å². The molecule has 0 fully saturated rings. The van der Waals surface area contributed by atoms with Gasteiger partial charge in [-0.15, -0.1) is 0 Å². The Labute approximate surface area is 126 Å². The van der Waals surface area contributed by atoms with Crippen molar-refractivity contribution < 1.29 is 0 Å². The third-order valence-electron chi connectivity index (χ3n) is 3.67. The molecule has 0 bridgehead atoms. The van der Waals surface area contributed by atoms with Crippen LogP contribution in [-0.4, -0.2) is 14.1 Å². The third-order valence-corrected chi connectivity index (χ3v) is 3.67. The molecule has 1 nitrogen and oxygen atoms in total. The van der Waals surface area contributed by atoms with E-state index in [0.717, 1.165) is 0 Å². The predicted molar refractivity (Wildman–Crippen MR) is 91.6 cm³/mol. The van der Waals surface area contributed by atoms with Gasteiger partial charge in [0.15, 0.2) is 0 Å². The van der Waals surface area contributed by atoms with E-state index in [2.05, 4.69) is 97.9 Å². The van der Waals surface area contributed by atoms with Gasteiger partial charge in [-0.1, -0.05) is 66.7 Å². The van der Waals surface area contributed by atoms with Gasteiger partial charge in [0.2, 0.25) is 0 Å². The molecule has 0 unspecified atom stereocenters. The van der Waals surface area contributed by atoms with Crippen LogP contribution in [0.25, 0.3) is 22.3 Å². The van der Waals surface area contributed by atoms with Gasteiger partial charge in [-0.25, -0.2) is 0 Å². The van der Waals surface area contributed by atoms with E-state index in [-0.39, 0.29) is 0 Å². The fourth-order valence-corrected chi connectivity index (χ4v) is 2.59. The summed E-state index contributed by atoms with van der Waals surface area (Å²) < 4.78 is 0. The summed E-state index contributed by atoms with van der Waals surface area (Å²) in [7, 11) is 4.17. The maximum Gasteiger partial charge on any atom is 0.0441 e. The molecule has 1 heteroatoms. The molecule has 0 spiro atoms. The molecule has 104 valence electrons. The number of rotatable bonds is 3. The first-order valence-electron chi connectivity index (χ1n) is 7.18. The normalized spacial score (nSPS) is 10.4. The van der Waals surface area contributed by atoms with Gasteiger partial charge < -0.3 is 4.90 Å². The van der Waals surface area contributed by atoms with Crippen molar-refractivity contribution in [3.05, 3.63) is 78.9 Å². The van der Waals surface area contributed by atoms with E-state index in [9.17, 15) is 0 Å². The van der Waals surface area contributed by atoms with E-state index in [1.165, 1.54) is 27.9 Å². The van der Waals surface area contributed by atoms with Crippen LogP contribution >= 0.6 is 0 Å². The first kappa shape index (κ1) is 13.4. The summed E-state index contributed by atoms with van der Waals surface area (Å²) in [6.45, 7) is 0. The van der Waals surface area contributed by atoms with Gasteiger partial charge >= 0.3 is 0 Å². The summed E-state index contributed by atoms with van der Waals surface area (Å²) in [4.78, 5) is 2.16. The largest absolute Gasteiger partial charge is 0.377 e. The smallest absolute Gasteiger partial charge is 0.0441 e. The maximum atomic E-state index is 2.28. The van der Waals surface area contributed by atoms with Crippen LogP contribution in [0, 0.1) is 0 Å². The van der Waals surface area contributed by atoms with Crippen LogP contribution in [0.1, 0.15) is 0 Å². The van der Waals surface area contributed by atoms with Crippen LogP contribution in [0.4, 0.5) is 5.69 Å². The van der Waals surface area contributed by atoms with Gasteiger partial charge in [-0.05, 0) is 28.8 Å². The lowest BCUT2D eigenvalue weighted by Gasteiger charge is -2.19. The number of benzene rings is 3. The standard InChI is InChI=1S/C20H19N/c1-21(2)20-14-13-18(16-9-5-3-6-10-16)15-19(20)17-11-7-4-8-12-17/h3-15H,1-2H3. The monoisotopic (exact) mass is 273 g/mol. The molecule has 0 heterocycles.